The van der Waals surface area contributed by atoms with Crippen LogP contribution in [0.4, 0.5) is 13.2 Å². The van der Waals surface area contributed by atoms with Gasteiger partial charge in [0.15, 0.2) is 5.82 Å². The topological polar surface area (TPSA) is 65.0 Å². The molecule has 0 unspecified atom stereocenters. The van der Waals surface area contributed by atoms with Gasteiger partial charge in [0, 0.05) is 24.2 Å². The fraction of sp³-hybridized carbons (Fsp3) is 0.167. The van der Waals surface area contributed by atoms with E-state index < -0.39 is 17.8 Å². The van der Waals surface area contributed by atoms with Crippen LogP contribution in [0, 0.1) is 0 Å². The summed E-state index contributed by atoms with van der Waals surface area (Å²) < 4.78 is 41.6. The molecule has 2 aromatic rings. The Bertz CT molecular complexity index is 609. The molecule has 0 N–H and O–H groups in total. The van der Waals surface area contributed by atoms with Gasteiger partial charge < -0.3 is 4.74 Å². The zero-order valence-corrected chi connectivity index (χ0v) is 10.2. The lowest BCUT2D eigenvalue weighted by Gasteiger charge is -2.06. The molecule has 0 amide bonds. The van der Waals surface area contributed by atoms with Gasteiger partial charge >= 0.3 is 12.1 Å². The highest BCUT2D eigenvalue weighted by Gasteiger charge is 2.32. The molecule has 0 bridgehead atoms. The van der Waals surface area contributed by atoms with E-state index in [-0.39, 0.29) is 11.4 Å². The smallest absolute Gasteiger partial charge is 0.433 e. The van der Waals surface area contributed by atoms with Crippen molar-refractivity contribution in [2.24, 2.45) is 0 Å². The summed E-state index contributed by atoms with van der Waals surface area (Å²) in [6.07, 6.45) is -1.01. The number of hydrogen-bond donors (Lipinski definition) is 0. The molecule has 2 heterocycles. The molecule has 0 spiro atoms. The standard InChI is InChI=1S/C12H8F3N3O2/c1-20-11(19)8-5-17-10(18-6-8)7-2-3-9(16-4-7)12(13,14)15/h2-6H,1H3. The molecule has 0 aliphatic heterocycles. The summed E-state index contributed by atoms with van der Waals surface area (Å²) in [6.45, 7) is 0. The van der Waals surface area contributed by atoms with Crippen molar-refractivity contribution in [2.75, 3.05) is 7.11 Å². The van der Waals surface area contributed by atoms with Crippen molar-refractivity contribution in [3.8, 4) is 11.4 Å². The molecule has 0 saturated carbocycles. The van der Waals surface area contributed by atoms with Gasteiger partial charge in [0.1, 0.15) is 5.69 Å². The molecule has 0 atom stereocenters. The van der Waals surface area contributed by atoms with E-state index in [9.17, 15) is 18.0 Å². The van der Waals surface area contributed by atoms with Gasteiger partial charge in [0.05, 0.1) is 12.7 Å². The number of rotatable bonds is 2. The van der Waals surface area contributed by atoms with Gasteiger partial charge in [-0.05, 0) is 12.1 Å². The van der Waals surface area contributed by atoms with Gasteiger partial charge in [0.2, 0.25) is 0 Å². The summed E-state index contributed by atoms with van der Waals surface area (Å²) in [4.78, 5) is 22.2. The molecule has 0 aromatic carbocycles. The Morgan fingerprint density at radius 2 is 1.75 bits per heavy atom. The third-order valence-electron chi connectivity index (χ3n) is 2.39. The van der Waals surface area contributed by atoms with Crippen molar-refractivity contribution in [3.63, 3.8) is 0 Å². The Balaban J connectivity index is 2.26. The first-order chi connectivity index (χ1) is 9.41. The fourth-order valence-corrected chi connectivity index (χ4v) is 1.39. The summed E-state index contributed by atoms with van der Waals surface area (Å²) in [6, 6.07) is 2.05. The van der Waals surface area contributed by atoms with E-state index in [1.54, 1.807) is 0 Å². The van der Waals surface area contributed by atoms with Crippen molar-refractivity contribution in [1.29, 1.82) is 0 Å². The third kappa shape index (κ3) is 2.90. The molecule has 5 nitrogen and oxygen atoms in total. The minimum absolute atomic E-state index is 0.149. The van der Waals surface area contributed by atoms with Crippen LogP contribution >= 0.6 is 0 Å². The van der Waals surface area contributed by atoms with Crippen molar-refractivity contribution in [2.45, 2.75) is 6.18 Å². The molecule has 20 heavy (non-hydrogen) atoms. The molecular formula is C12H8F3N3O2. The zero-order chi connectivity index (χ0) is 14.8. The highest BCUT2D eigenvalue weighted by Crippen LogP contribution is 2.28. The maximum atomic E-state index is 12.4. The molecule has 104 valence electrons. The zero-order valence-electron chi connectivity index (χ0n) is 10.2. The first-order valence-corrected chi connectivity index (χ1v) is 5.36. The van der Waals surface area contributed by atoms with Gasteiger partial charge in [-0.15, -0.1) is 0 Å². The highest BCUT2D eigenvalue weighted by atomic mass is 19.4. The lowest BCUT2D eigenvalue weighted by atomic mass is 10.2. The quantitative estimate of drug-likeness (QED) is 0.791. The van der Waals surface area contributed by atoms with Gasteiger partial charge in [-0.25, -0.2) is 14.8 Å². The Morgan fingerprint density at radius 3 is 2.20 bits per heavy atom. The molecule has 0 fully saturated rings. The van der Waals surface area contributed by atoms with Crippen LogP contribution in [0.1, 0.15) is 16.1 Å². The summed E-state index contributed by atoms with van der Waals surface area (Å²) in [5.74, 6) is -0.430. The number of aromatic nitrogens is 3. The maximum Gasteiger partial charge on any atom is 0.433 e. The van der Waals surface area contributed by atoms with Gasteiger partial charge in [-0.3, -0.25) is 4.98 Å². The average molecular weight is 283 g/mol. The molecule has 0 aliphatic rings. The van der Waals surface area contributed by atoms with Crippen LogP contribution in [-0.2, 0) is 10.9 Å². The first-order valence-electron chi connectivity index (χ1n) is 5.36. The van der Waals surface area contributed by atoms with E-state index in [0.717, 1.165) is 12.3 Å². The van der Waals surface area contributed by atoms with Crippen LogP contribution in [0.25, 0.3) is 11.4 Å². The van der Waals surface area contributed by atoms with Crippen molar-refractivity contribution < 1.29 is 22.7 Å². The van der Waals surface area contributed by atoms with Crippen molar-refractivity contribution >= 4 is 5.97 Å². The second-order valence-electron chi connectivity index (χ2n) is 3.72. The third-order valence-corrected chi connectivity index (χ3v) is 2.39. The van der Waals surface area contributed by atoms with E-state index in [2.05, 4.69) is 19.7 Å². The van der Waals surface area contributed by atoms with Crippen LogP contribution in [0.3, 0.4) is 0 Å². The lowest BCUT2D eigenvalue weighted by molar-refractivity contribution is -0.141. The Labute approximate surface area is 111 Å². The number of esters is 1. The number of hydrogen-bond acceptors (Lipinski definition) is 5. The number of carbonyl (C=O) groups is 1. The number of methoxy groups -OCH3 is 1. The number of carbonyl (C=O) groups excluding carboxylic acids is 1. The van der Waals surface area contributed by atoms with E-state index in [1.165, 1.54) is 25.6 Å². The molecule has 0 aliphatic carbocycles. The minimum Gasteiger partial charge on any atom is -0.465 e. The predicted octanol–water partition coefficient (Wildman–Crippen LogP) is 2.34. The lowest BCUT2D eigenvalue weighted by Crippen LogP contribution is -2.07. The summed E-state index contributed by atoms with van der Waals surface area (Å²) in [5, 5.41) is 0. The van der Waals surface area contributed by atoms with E-state index in [1.807, 2.05) is 0 Å². The first kappa shape index (κ1) is 13.9. The summed E-state index contributed by atoms with van der Waals surface area (Å²) in [7, 11) is 1.22. The summed E-state index contributed by atoms with van der Waals surface area (Å²) in [5.41, 5.74) is -0.530. The highest BCUT2D eigenvalue weighted by molar-refractivity contribution is 5.88. The van der Waals surface area contributed by atoms with E-state index >= 15 is 0 Å². The van der Waals surface area contributed by atoms with Crippen LogP contribution in [0.5, 0.6) is 0 Å². The second kappa shape index (κ2) is 5.24. The van der Waals surface area contributed by atoms with Crippen LogP contribution in [0.15, 0.2) is 30.7 Å². The number of pyridine rings is 1. The molecule has 8 heteroatoms. The van der Waals surface area contributed by atoms with Gasteiger partial charge in [-0.2, -0.15) is 13.2 Å². The molecular weight excluding hydrogens is 275 g/mol. The largest absolute Gasteiger partial charge is 0.465 e. The van der Waals surface area contributed by atoms with E-state index in [4.69, 9.17) is 0 Å². The van der Waals surface area contributed by atoms with Crippen molar-refractivity contribution in [3.05, 3.63) is 42.0 Å². The molecule has 0 radical (unpaired) electrons. The SMILES string of the molecule is COC(=O)c1cnc(-c2ccc(C(F)(F)F)nc2)nc1. The van der Waals surface area contributed by atoms with Gasteiger partial charge in [-0.1, -0.05) is 0 Å². The average Bonchev–Trinajstić information content (AvgIpc) is 2.46. The molecule has 2 aromatic heterocycles. The summed E-state index contributed by atoms with van der Waals surface area (Å²) >= 11 is 0. The number of halogens is 3. The minimum atomic E-state index is -4.49. The number of nitrogens with zero attached hydrogens (tertiary/aromatic N) is 3. The Kier molecular flexibility index (Phi) is 3.64. The van der Waals surface area contributed by atoms with Crippen LogP contribution in [0.2, 0.25) is 0 Å². The van der Waals surface area contributed by atoms with E-state index in [0.29, 0.717) is 5.56 Å². The van der Waals surface area contributed by atoms with Crippen LogP contribution in [-0.4, -0.2) is 28.0 Å². The fourth-order valence-electron chi connectivity index (χ4n) is 1.39. The maximum absolute atomic E-state index is 12.4. The Hall–Kier alpha value is -2.51. The number of alkyl halides is 3. The normalized spacial score (nSPS) is 11.2. The second-order valence-corrected chi connectivity index (χ2v) is 3.72. The Morgan fingerprint density at radius 1 is 1.10 bits per heavy atom. The van der Waals surface area contributed by atoms with Crippen molar-refractivity contribution in [1.82, 2.24) is 15.0 Å². The predicted molar refractivity (Wildman–Crippen MR) is 61.6 cm³/mol. The van der Waals surface area contributed by atoms with Crippen LogP contribution < -0.4 is 0 Å². The monoisotopic (exact) mass is 283 g/mol. The molecule has 2 rings (SSSR count). The molecule has 0 saturated heterocycles. The van der Waals surface area contributed by atoms with Gasteiger partial charge in [0.25, 0.3) is 0 Å². The number of ether oxygens (including phenoxy) is 1.